The van der Waals surface area contributed by atoms with Gasteiger partial charge in [-0.15, -0.1) is 23.1 Å². The zero-order chi connectivity index (χ0) is 23.5. The van der Waals surface area contributed by atoms with E-state index in [2.05, 4.69) is 4.90 Å². The van der Waals surface area contributed by atoms with Crippen molar-refractivity contribution in [2.24, 2.45) is 0 Å². The summed E-state index contributed by atoms with van der Waals surface area (Å²) in [6.45, 7) is 3.38. The standard InChI is InChI=1S/C28H27NO3S2/c30-20-10-8-19(9-11-20)28-26(22-13-12-21(31)18-25(22)34-28)27(32)23-6-2-3-7-24(23)33-17-16-29-14-4-1-5-15-29/h2-3,6-13,18,30-31H,1,4-5,14-17H2. The SMILES string of the molecule is O=C(c1ccccc1SCCN1CCCCC1)c1c(-c2ccc(O)cc2)sc2cc(O)ccc12. The van der Waals surface area contributed by atoms with E-state index in [1.54, 1.807) is 36.0 Å². The highest BCUT2D eigenvalue weighted by molar-refractivity contribution is 7.99. The number of carbonyl (C=O) groups excluding carboxylic acids is 1. The third kappa shape index (κ3) is 4.85. The lowest BCUT2D eigenvalue weighted by Crippen LogP contribution is -2.31. The van der Waals surface area contributed by atoms with Crippen molar-refractivity contribution in [3.05, 3.63) is 77.9 Å². The van der Waals surface area contributed by atoms with Crippen LogP contribution in [0.2, 0.25) is 0 Å². The van der Waals surface area contributed by atoms with Crippen molar-refractivity contribution in [1.29, 1.82) is 0 Å². The molecule has 1 aliphatic rings. The van der Waals surface area contributed by atoms with Crippen LogP contribution in [-0.2, 0) is 0 Å². The van der Waals surface area contributed by atoms with E-state index in [-0.39, 0.29) is 17.3 Å². The Hall–Kier alpha value is -2.80. The van der Waals surface area contributed by atoms with Gasteiger partial charge >= 0.3 is 0 Å². The van der Waals surface area contributed by atoms with Crippen molar-refractivity contribution in [3.63, 3.8) is 0 Å². The zero-order valence-electron chi connectivity index (χ0n) is 18.9. The Morgan fingerprint density at radius 1 is 0.912 bits per heavy atom. The van der Waals surface area contributed by atoms with E-state index >= 15 is 0 Å². The lowest BCUT2D eigenvalue weighted by Gasteiger charge is -2.26. The molecule has 2 heterocycles. The molecule has 0 amide bonds. The molecule has 6 heteroatoms. The molecule has 1 aliphatic heterocycles. The van der Waals surface area contributed by atoms with Crippen LogP contribution in [0.3, 0.4) is 0 Å². The molecule has 1 fully saturated rings. The van der Waals surface area contributed by atoms with Crippen molar-refractivity contribution in [2.45, 2.75) is 24.2 Å². The summed E-state index contributed by atoms with van der Waals surface area (Å²) in [4.78, 5) is 18.4. The predicted octanol–water partition coefficient (Wildman–Crippen LogP) is 6.79. The van der Waals surface area contributed by atoms with Gasteiger partial charge in [0.05, 0.1) is 0 Å². The summed E-state index contributed by atoms with van der Waals surface area (Å²) < 4.78 is 0.863. The number of benzene rings is 3. The van der Waals surface area contributed by atoms with Gasteiger partial charge in [0, 0.05) is 43.3 Å². The smallest absolute Gasteiger partial charge is 0.196 e. The average molecular weight is 490 g/mol. The Kier molecular flexibility index (Phi) is 6.90. The number of carbonyl (C=O) groups is 1. The maximum absolute atomic E-state index is 14.0. The molecule has 3 aromatic carbocycles. The van der Waals surface area contributed by atoms with Crippen LogP contribution in [0, 0.1) is 0 Å². The third-order valence-electron chi connectivity index (χ3n) is 6.28. The van der Waals surface area contributed by atoms with Crippen molar-refractivity contribution >= 4 is 39.0 Å². The van der Waals surface area contributed by atoms with E-state index < -0.39 is 0 Å². The van der Waals surface area contributed by atoms with Crippen LogP contribution in [0.5, 0.6) is 11.5 Å². The second kappa shape index (κ2) is 10.2. The summed E-state index contributed by atoms with van der Waals surface area (Å²) in [7, 11) is 0. The van der Waals surface area contributed by atoms with Crippen molar-refractivity contribution < 1.29 is 15.0 Å². The number of thioether (sulfide) groups is 1. The van der Waals surface area contributed by atoms with Gasteiger partial charge in [-0.25, -0.2) is 0 Å². The summed E-state index contributed by atoms with van der Waals surface area (Å²) in [6.07, 6.45) is 3.89. The molecule has 1 aromatic heterocycles. The Morgan fingerprint density at radius 2 is 1.65 bits per heavy atom. The number of thiophene rings is 1. The van der Waals surface area contributed by atoms with Crippen molar-refractivity contribution in [3.8, 4) is 21.9 Å². The van der Waals surface area contributed by atoms with Gasteiger partial charge in [0.1, 0.15) is 11.5 Å². The van der Waals surface area contributed by atoms with Crippen molar-refractivity contribution in [1.82, 2.24) is 4.90 Å². The largest absolute Gasteiger partial charge is 0.508 e. The quantitative estimate of drug-likeness (QED) is 0.221. The molecule has 0 spiro atoms. The number of likely N-dealkylation sites (tertiary alicyclic amines) is 1. The summed E-state index contributed by atoms with van der Waals surface area (Å²) in [5, 5.41) is 20.6. The summed E-state index contributed by atoms with van der Waals surface area (Å²) in [5.41, 5.74) is 2.23. The van der Waals surface area contributed by atoms with Gasteiger partial charge in [0.25, 0.3) is 0 Å². The number of piperidine rings is 1. The molecule has 0 aliphatic carbocycles. The number of nitrogens with zero attached hydrogens (tertiary/aromatic N) is 1. The normalized spacial score (nSPS) is 14.5. The number of hydrogen-bond acceptors (Lipinski definition) is 6. The maximum atomic E-state index is 14.0. The molecule has 174 valence electrons. The Bertz CT molecular complexity index is 1310. The Labute approximate surface area is 207 Å². The zero-order valence-corrected chi connectivity index (χ0v) is 20.5. The number of phenols is 2. The molecule has 0 bridgehead atoms. The van der Waals surface area contributed by atoms with Gasteiger partial charge < -0.3 is 15.1 Å². The Balaban J connectivity index is 1.50. The summed E-state index contributed by atoms with van der Waals surface area (Å²) >= 11 is 3.23. The monoisotopic (exact) mass is 489 g/mol. The first-order valence-electron chi connectivity index (χ1n) is 11.6. The number of hydrogen-bond donors (Lipinski definition) is 2. The van der Waals surface area contributed by atoms with Gasteiger partial charge in [0.15, 0.2) is 5.78 Å². The highest BCUT2D eigenvalue weighted by Gasteiger charge is 2.24. The van der Waals surface area contributed by atoms with E-state index in [4.69, 9.17) is 0 Å². The van der Waals surface area contributed by atoms with Gasteiger partial charge in [-0.1, -0.05) is 18.6 Å². The van der Waals surface area contributed by atoms with E-state index in [1.165, 1.54) is 43.7 Å². The van der Waals surface area contributed by atoms with Gasteiger partial charge in [-0.05, 0) is 86.1 Å². The number of phenolic OH excluding ortho intramolecular Hbond substituents is 2. The van der Waals surface area contributed by atoms with Crippen LogP contribution in [0.1, 0.15) is 35.2 Å². The fraction of sp³-hybridized carbons (Fsp3) is 0.250. The highest BCUT2D eigenvalue weighted by Crippen LogP contribution is 2.42. The van der Waals surface area contributed by atoms with Crippen LogP contribution in [-0.4, -0.2) is 46.3 Å². The predicted molar refractivity (Wildman–Crippen MR) is 141 cm³/mol. The number of aromatic hydroxyl groups is 2. The van der Waals surface area contributed by atoms with Crippen LogP contribution in [0.25, 0.3) is 20.5 Å². The number of fused-ring (bicyclic) bond motifs is 1. The number of rotatable bonds is 7. The fourth-order valence-corrected chi connectivity index (χ4v) is 6.81. The number of ketones is 1. The second-order valence-corrected chi connectivity index (χ2v) is 10.8. The third-order valence-corrected chi connectivity index (χ3v) is 8.53. The molecule has 1 saturated heterocycles. The Morgan fingerprint density at radius 3 is 2.44 bits per heavy atom. The molecule has 2 N–H and O–H groups in total. The molecular formula is C28H27NO3S2. The van der Waals surface area contributed by atoms with Gasteiger partial charge in [-0.2, -0.15) is 0 Å². The van der Waals surface area contributed by atoms with E-state index in [0.29, 0.717) is 11.1 Å². The van der Waals surface area contributed by atoms with E-state index in [0.717, 1.165) is 37.7 Å². The molecule has 4 aromatic rings. The minimum atomic E-state index is -0.0129. The van der Waals surface area contributed by atoms with Crippen LogP contribution >= 0.6 is 23.1 Å². The topological polar surface area (TPSA) is 60.8 Å². The minimum absolute atomic E-state index is 0.0129. The van der Waals surface area contributed by atoms with Gasteiger partial charge in [0.2, 0.25) is 0 Å². The molecule has 4 nitrogen and oxygen atoms in total. The van der Waals surface area contributed by atoms with E-state index in [9.17, 15) is 15.0 Å². The summed E-state index contributed by atoms with van der Waals surface area (Å²) in [5.74, 6) is 1.30. The summed E-state index contributed by atoms with van der Waals surface area (Å²) in [6, 6.07) is 20.0. The molecule has 0 unspecified atom stereocenters. The lowest BCUT2D eigenvalue weighted by atomic mass is 9.97. The first-order valence-corrected chi connectivity index (χ1v) is 13.4. The molecular weight excluding hydrogens is 462 g/mol. The van der Waals surface area contributed by atoms with Crippen LogP contribution in [0.15, 0.2) is 71.6 Å². The van der Waals surface area contributed by atoms with Gasteiger partial charge in [-0.3, -0.25) is 4.79 Å². The fourth-order valence-electron chi connectivity index (χ4n) is 4.51. The average Bonchev–Trinajstić information content (AvgIpc) is 3.23. The van der Waals surface area contributed by atoms with E-state index in [1.807, 2.05) is 42.5 Å². The van der Waals surface area contributed by atoms with Crippen LogP contribution in [0.4, 0.5) is 0 Å². The first-order chi connectivity index (χ1) is 16.6. The molecule has 0 saturated carbocycles. The minimum Gasteiger partial charge on any atom is -0.508 e. The lowest BCUT2D eigenvalue weighted by molar-refractivity contribution is 0.103. The molecule has 5 rings (SSSR count). The van der Waals surface area contributed by atoms with Crippen LogP contribution < -0.4 is 0 Å². The first kappa shape index (κ1) is 23.0. The van der Waals surface area contributed by atoms with Crippen molar-refractivity contribution in [2.75, 3.05) is 25.4 Å². The molecule has 34 heavy (non-hydrogen) atoms. The molecule has 0 radical (unpaired) electrons. The maximum Gasteiger partial charge on any atom is 0.196 e. The highest BCUT2D eigenvalue weighted by atomic mass is 32.2. The second-order valence-electron chi connectivity index (χ2n) is 8.61. The molecule has 0 atom stereocenters.